The Hall–Kier alpha value is -2.77. The first-order valence-corrected chi connectivity index (χ1v) is 5.45. The van der Waals surface area contributed by atoms with Gasteiger partial charge < -0.3 is 5.32 Å². The minimum atomic E-state index is -0.511. The molecule has 1 aromatic carbocycles. The van der Waals surface area contributed by atoms with E-state index in [4.69, 9.17) is 0 Å². The van der Waals surface area contributed by atoms with Crippen LogP contribution in [0.3, 0.4) is 0 Å². The van der Waals surface area contributed by atoms with Gasteiger partial charge in [-0.3, -0.25) is 20.0 Å². The van der Waals surface area contributed by atoms with Crippen LogP contribution in [0, 0.1) is 17.0 Å². The molecule has 2 aromatic rings. The highest BCUT2D eigenvalue weighted by Gasteiger charge is 2.14. The number of aryl methyl sites for hydroxylation is 1. The fourth-order valence-corrected chi connectivity index (χ4v) is 1.53. The standard InChI is InChI=1S/C11H11N5O3/c1-7-2-3-8(4-9(7)16(18)19)11(17)12-5-10-13-6-14-15-10/h2-4,6H,5H2,1H3,(H,12,17)(H,13,14,15). The molecule has 8 nitrogen and oxygen atoms in total. The van der Waals surface area contributed by atoms with Gasteiger partial charge in [-0.2, -0.15) is 5.10 Å². The number of benzene rings is 1. The van der Waals surface area contributed by atoms with Gasteiger partial charge in [0, 0.05) is 17.2 Å². The maximum absolute atomic E-state index is 11.8. The summed E-state index contributed by atoms with van der Waals surface area (Å²) in [5.74, 6) is 0.106. The molecule has 1 heterocycles. The number of nitrogens with zero attached hydrogens (tertiary/aromatic N) is 3. The van der Waals surface area contributed by atoms with Crippen molar-refractivity contribution in [1.82, 2.24) is 20.5 Å². The molecule has 0 unspecified atom stereocenters. The Labute approximate surface area is 108 Å². The van der Waals surface area contributed by atoms with Crippen LogP contribution in [0.5, 0.6) is 0 Å². The minimum Gasteiger partial charge on any atom is -0.345 e. The van der Waals surface area contributed by atoms with Gasteiger partial charge in [0.05, 0.1) is 11.5 Å². The van der Waals surface area contributed by atoms with E-state index in [1.807, 2.05) is 0 Å². The van der Waals surface area contributed by atoms with Gasteiger partial charge in [0.25, 0.3) is 11.6 Å². The first-order chi connectivity index (χ1) is 9.08. The van der Waals surface area contributed by atoms with E-state index in [9.17, 15) is 14.9 Å². The van der Waals surface area contributed by atoms with Crippen molar-refractivity contribution in [2.75, 3.05) is 0 Å². The number of nitro benzene ring substituents is 1. The Kier molecular flexibility index (Phi) is 3.51. The summed E-state index contributed by atoms with van der Waals surface area (Å²) in [5, 5.41) is 19.6. The number of amides is 1. The molecule has 0 saturated carbocycles. The van der Waals surface area contributed by atoms with E-state index in [1.165, 1.54) is 18.5 Å². The van der Waals surface area contributed by atoms with Crippen molar-refractivity contribution in [2.24, 2.45) is 0 Å². The van der Waals surface area contributed by atoms with Gasteiger partial charge in [-0.1, -0.05) is 6.07 Å². The molecule has 1 aromatic heterocycles. The van der Waals surface area contributed by atoms with Gasteiger partial charge in [-0.25, -0.2) is 4.98 Å². The molecule has 8 heteroatoms. The number of carbonyl (C=O) groups excluding carboxylic acids is 1. The molecule has 0 aliphatic rings. The van der Waals surface area contributed by atoms with Crippen molar-refractivity contribution < 1.29 is 9.72 Å². The van der Waals surface area contributed by atoms with Crippen LogP contribution < -0.4 is 5.32 Å². The van der Waals surface area contributed by atoms with Gasteiger partial charge in [0.2, 0.25) is 0 Å². The quantitative estimate of drug-likeness (QED) is 0.628. The van der Waals surface area contributed by atoms with E-state index in [0.717, 1.165) is 0 Å². The molecule has 98 valence electrons. The number of nitrogens with one attached hydrogen (secondary N) is 2. The van der Waals surface area contributed by atoms with Crippen molar-refractivity contribution in [1.29, 1.82) is 0 Å². The highest BCUT2D eigenvalue weighted by atomic mass is 16.6. The fourth-order valence-electron chi connectivity index (χ4n) is 1.53. The Morgan fingerprint density at radius 1 is 1.53 bits per heavy atom. The predicted molar refractivity (Wildman–Crippen MR) is 65.4 cm³/mol. The fraction of sp³-hybridized carbons (Fsp3) is 0.182. The van der Waals surface area contributed by atoms with Crippen molar-refractivity contribution >= 4 is 11.6 Å². The van der Waals surface area contributed by atoms with E-state index in [1.54, 1.807) is 13.0 Å². The normalized spacial score (nSPS) is 10.2. The van der Waals surface area contributed by atoms with Gasteiger partial charge in [-0.15, -0.1) is 0 Å². The third-order valence-corrected chi connectivity index (χ3v) is 2.55. The molecular weight excluding hydrogens is 250 g/mol. The number of nitro groups is 1. The van der Waals surface area contributed by atoms with Gasteiger partial charge in [0.1, 0.15) is 12.2 Å². The van der Waals surface area contributed by atoms with Crippen molar-refractivity contribution in [3.63, 3.8) is 0 Å². The minimum absolute atomic E-state index is 0.0766. The largest absolute Gasteiger partial charge is 0.345 e. The third kappa shape index (κ3) is 2.92. The van der Waals surface area contributed by atoms with E-state index in [2.05, 4.69) is 20.5 Å². The first kappa shape index (κ1) is 12.7. The third-order valence-electron chi connectivity index (χ3n) is 2.55. The molecule has 0 aliphatic carbocycles. The zero-order chi connectivity index (χ0) is 13.8. The lowest BCUT2D eigenvalue weighted by atomic mass is 10.1. The lowest BCUT2D eigenvalue weighted by Crippen LogP contribution is -2.23. The molecular formula is C11H11N5O3. The number of H-pyrrole nitrogens is 1. The van der Waals surface area contributed by atoms with Crippen molar-refractivity contribution in [3.8, 4) is 0 Å². The van der Waals surface area contributed by atoms with Crippen LogP contribution in [0.2, 0.25) is 0 Å². The summed E-state index contributed by atoms with van der Waals surface area (Å²) in [5.41, 5.74) is 0.668. The summed E-state index contributed by atoms with van der Waals surface area (Å²) < 4.78 is 0. The molecule has 0 spiro atoms. The molecule has 0 fully saturated rings. The summed E-state index contributed by atoms with van der Waals surface area (Å²) in [6.07, 6.45) is 1.33. The second kappa shape index (κ2) is 5.25. The predicted octanol–water partition coefficient (Wildman–Crippen LogP) is 0.951. The van der Waals surface area contributed by atoms with E-state index >= 15 is 0 Å². The summed E-state index contributed by atoms with van der Waals surface area (Å²) in [6, 6.07) is 4.34. The Balaban J connectivity index is 2.11. The number of hydrogen-bond donors (Lipinski definition) is 2. The van der Waals surface area contributed by atoms with E-state index < -0.39 is 10.8 Å². The Morgan fingerprint density at radius 2 is 2.32 bits per heavy atom. The molecule has 0 aliphatic heterocycles. The topological polar surface area (TPSA) is 114 Å². The monoisotopic (exact) mass is 261 g/mol. The Morgan fingerprint density at radius 3 is 2.95 bits per heavy atom. The van der Waals surface area contributed by atoms with E-state index in [-0.39, 0.29) is 17.8 Å². The number of hydrogen-bond acceptors (Lipinski definition) is 5. The van der Waals surface area contributed by atoms with Crippen LogP contribution in [-0.4, -0.2) is 26.0 Å². The number of aromatic amines is 1. The molecule has 19 heavy (non-hydrogen) atoms. The lowest BCUT2D eigenvalue weighted by Gasteiger charge is -2.04. The maximum Gasteiger partial charge on any atom is 0.273 e. The molecule has 0 saturated heterocycles. The number of rotatable bonds is 4. The van der Waals surface area contributed by atoms with Crippen LogP contribution in [0.15, 0.2) is 24.5 Å². The van der Waals surface area contributed by atoms with Crippen LogP contribution in [-0.2, 0) is 6.54 Å². The average molecular weight is 261 g/mol. The molecule has 1 amide bonds. The van der Waals surface area contributed by atoms with Crippen LogP contribution in [0.25, 0.3) is 0 Å². The van der Waals surface area contributed by atoms with Gasteiger partial charge in [-0.05, 0) is 13.0 Å². The molecule has 2 N–H and O–H groups in total. The van der Waals surface area contributed by atoms with Crippen molar-refractivity contribution in [2.45, 2.75) is 13.5 Å². The average Bonchev–Trinajstić information content (AvgIpc) is 2.89. The maximum atomic E-state index is 11.8. The molecule has 0 radical (unpaired) electrons. The zero-order valence-corrected chi connectivity index (χ0v) is 10.1. The number of aromatic nitrogens is 3. The van der Waals surface area contributed by atoms with Crippen LogP contribution >= 0.6 is 0 Å². The SMILES string of the molecule is Cc1ccc(C(=O)NCc2ncn[nH]2)cc1[N+](=O)[O-]. The summed E-state index contributed by atoms with van der Waals surface area (Å²) in [7, 11) is 0. The summed E-state index contributed by atoms with van der Waals surface area (Å²) in [4.78, 5) is 26.0. The van der Waals surface area contributed by atoms with Gasteiger partial charge >= 0.3 is 0 Å². The van der Waals surface area contributed by atoms with Crippen LogP contribution in [0.1, 0.15) is 21.7 Å². The zero-order valence-electron chi connectivity index (χ0n) is 10.1. The second-order valence-electron chi connectivity index (χ2n) is 3.87. The van der Waals surface area contributed by atoms with Crippen molar-refractivity contribution in [3.05, 3.63) is 51.6 Å². The molecule has 0 atom stereocenters. The Bertz CT molecular complexity index is 609. The van der Waals surface area contributed by atoms with Gasteiger partial charge in [0.15, 0.2) is 0 Å². The summed E-state index contributed by atoms with van der Waals surface area (Å²) in [6.45, 7) is 1.80. The number of carbonyl (C=O) groups is 1. The van der Waals surface area contributed by atoms with Crippen LogP contribution in [0.4, 0.5) is 5.69 Å². The first-order valence-electron chi connectivity index (χ1n) is 5.45. The lowest BCUT2D eigenvalue weighted by molar-refractivity contribution is -0.385. The second-order valence-corrected chi connectivity index (χ2v) is 3.87. The highest BCUT2D eigenvalue weighted by Crippen LogP contribution is 2.19. The summed E-state index contributed by atoms with van der Waals surface area (Å²) >= 11 is 0. The molecule has 0 bridgehead atoms. The molecule has 2 rings (SSSR count). The highest BCUT2D eigenvalue weighted by molar-refractivity contribution is 5.94. The van der Waals surface area contributed by atoms with E-state index in [0.29, 0.717) is 11.4 Å². The smallest absolute Gasteiger partial charge is 0.273 e.